The molecule has 0 saturated carbocycles. The minimum absolute atomic E-state index is 0.329. The van der Waals surface area contributed by atoms with Crippen LogP contribution in [-0.4, -0.2) is 15.3 Å². The van der Waals surface area contributed by atoms with E-state index < -0.39 is 0 Å². The summed E-state index contributed by atoms with van der Waals surface area (Å²) in [7, 11) is 0. The summed E-state index contributed by atoms with van der Waals surface area (Å²) < 4.78 is 8.27. The number of allylic oxidation sites excluding steroid dienone is 1. The van der Waals surface area contributed by atoms with Crippen molar-refractivity contribution < 1.29 is 0 Å². The molecule has 0 aliphatic rings. The number of hydrogen-bond acceptors (Lipinski definition) is 4. The fourth-order valence-corrected chi connectivity index (χ4v) is 1.79. The molecule has 1 rings (SSSR count). The average molecular weight is 211 g/mol. The Morgan fingerprint density at radius 1 is 1.71 bits per heavy atom. The minimum Gasteiger partial charge on any atom is -0.309 e. The van der Waals surface area contributed by atoms with Crippen molar-refractivity contribution >= 4 is 11.7 Å². The van der Waals surface area contributed by atoms with Crippen LogP contribution in [0.2, 0.25) is 0 Å². The average Bonchev–Trinajstić information content (AvgIpc) is 2.64. The van der Waals surface area contributed by atoms with E-state index in [2.05, 4.69) is 34.5 Å². The fraction of sp³-hybridized carbons (Fsp3) is 0.600. The first-order valence-electron chi connectivity index (χ1n) is 4.89. The monoisotopic (exact) mass is 211 g/mol. The Kier molecular flexibility index (Phi) is 4.76. The summed E-state index contributed by atoms with van der Waals surface area (Å²) in [5.74, 6) is 0. The van der Waals surface area contributed by atoms with Crippen LogP contribution in [0.5, 0.6) is 0 Å². The molecule has 0 spiro atoms. The summed E-state index contributed by atoms with van der Waals surface area (Å²) >= 11 is 1.27. The Hall–Kier alpha value is -0.740. The molecule has 0 radical (unpaired) electrons. The molecule has 0 aliphatic carbocycles. The highest BCUT2D eigenvalue weighted by Gasteiger charge is 2.12. The molecule has 1 unspecified atom stereocenters. The Morgan fingerprint density at radius 3 is 3.00 bits per heavy atom. The van der Waals surface area contributed by atoms with E-state index in [4.69, 9.17) is 0 Å². The summed E-state index contributed by atoms with van der Waals surface area (Å²) in [5, 5.41) is 3.40. The molecular formula is C10H17N3S. The molecule has 1 atom stereocenters. The maximum atomic E-state index is 4.25. The Labute approximate surface area is 89.6 Å². The van der Waals surface area contributed by atoms with Crippen LogP contribution in [0.1, 0.15) is 38.4 Å². The lowest BCUT2D eigenvalue weighted by molar-refractivity contribution is 0.506. The first kappa shape index (κ1) is 11.3. The quantitative estimate of drug-likeness (QED) is 0.735. The van der Waals surface area contributed by atoms with Crippen molar-refractivity contribution in [1.82, 2.24) is 14.1 Å². The molecular weight excluding hydrogens is 194 g/mol. The Balaban J connectivity index is 2.51. The first-order chi connectivity index (χ1) is 6.74. The molecule has 1 aromatic rings. The second-order valence-corrected chi connectivity index (χ2v) is 4.00. The van der Waals surface area contributed by atoms with Crippen LogP contribution in [0.3, 0.4) is 0 Å². The largest absolute Gasteiger partial charge is 0.309 e. The van der Waals surface area contributed by atoms with E-state index in [1.165, 1.54) is 17.3 Å². The Bertz CT molecular complexity index is 269. The van der Waals surface area contributed by atoms with Gasteiger partial charge in [0.05, 0.1) is 29.7 Å². The summed E-state index contributed by atoms with van der Waals surface area (Å²) in [6.45, 7) is 9.03. The Morgan fingerprint density at radius 2 is 2.50 bits per heavy atom. The number of nitrogens with one attached hydrogen (secondary N) is 1. The normalized spacial score (nSPS) is 12.7. The van der Waals surface area contributed by atoms with Gasteiger partial charge in [-0.1, -0.05) is 12.5 Å². The molecule has 1 N–H and O–H groups in total. The standard InChI is InChI=1S/C10H17N3S/c1-4-11-9(6-5-8(2)3)10-7-12-14-13-10/h7,9,11H,2,4-6H2,1,3H3. The fourth-order valence-electron chi connectivity index (χ4n) is 1.32. The van der Waals surface area contributed by atoms with Crippen LogP contribution in [0, 0.1) is 0 Å². The van der Waals surface area contributed by atoms with Gasteiger partial charge in [-0.2, -0.15) is 8.75 Å². The maximum Gasteiger partial charge on any atom is 0.0912 e. The van der Waals surface area contributed by atoms with Gasteiger partial charge in [-0.3, -0.25) is 0 Å². The van der Waals surface area contributed by atoms with E-state index in [1.54, 1.807) is 0 Å². The van der Waals surface area contributed by atoms with Gasteiger partial charge in [-0.05, 0) is 26.3 Å². The molecule has 3 nitrogen and oxygen atoms in total. The highest BCUT2D eigenvalue weighted by atomic mass is 32.1. The van der Waals surface area contributed by atoms with Crippen LogP contribution in [0.15, 0.2) is 18.3 Å². The zero-order chi connectivity index (χ0) is 10.4. The van der Waals surface area contributed by atoms with Crippen LogP contribution in [0.4, 0.5) is 0 Å². The summed E-state index contributed by atoms with van der Waals surface area (Å²) in [6, 6.07) is 0.329. The third-order valence-corrected chi connectivity index (χ3v) is 2.54. The van der Waals surface area contributed by atoms with Gasteiger partial charge in [0.1, 0.15) is 0 Å². The topological polar surface area (TPSA) is 37.8 Å². The second-order valence-electron chi connectivity index (χ2n) is 3.44. The predicted molar refractivity (Wildman–Crippen MR) is 60.4 cm³/mol. The molecule has 0 fully saturated rings. The van der Waals surface area contributed by atoms with Crippen molar-refractivity contribution in [3.05, 3.63) is 24.0 Å². The lowest BCUT2D eigenvalue weighted by atomic mass is 10.1. The van der Waals surface area contributed by atoms with Crippen molar-refractivity contribution in [1.29, 1.82) is 0 Å². The predicted octanol–water partition coefficient (Wildman–Crippen LogP) is 2.55. The van der Waals surface area contributed by atoms with E-state index >= 15 is 0 Å². The van der Waals surface area contributed by atoms with Gasteiger partial charge in [-0.15, -0.1) is 6.58 Å². The van der Waals surface area contributed by atoms with Crippen LogP contribution in [-0.2, 0) is 0 Å². The summed E-state index contributed by atoms with van der Waals surface area (Å²) in [4.78, 5) is 0. The van der Waals surface area contributed by atoms with Gasteiger partial charge in [0, 0.05) is 0 Å². The number of nitrogens with zero attached hydrogens (tertiary/aromatic N) is 2. The van der Waals surface area contributed by atoms with E-state index in [9.17, 15) is 0 Å². The third-order valence-electron chi connectivity index (χ3n) is 2.05. The molecule has 0 aliphatic heterocycles. The smallest absolute Gasteiger partial charge is 0.0912 e. The van der Waals surface area contributed by atoms with Crippen LogP contribution >= 0.6 is 11.7 Å². The van der Waals surface area contributed by atoms with Crippen molar-refractivity contribution in [2.75, 3.05) is 6.54 Å². The van der Waals surface area contributed by atoms with Crippen molar-refractivity contribution in [3.63, 3.8) is 0 Å². The van der Waals surface area contributed by atoms with E-state index in [1.807, 2.05) is 6.20 Å². The lowest BCUT2D eigenvalue weighted by Gasteiger charge is -2.14. The van der Waals surface area contributed by atoms with Crippen molar-refractivity contribution in [3.8, 4) is 0 Å². The molecule has 0 bridgehead atoms. The number of hydrogen-bond donors (Lipinski definition) is 1. The zero-order valence-corrected chi connectivity index (χ0v) is 9.60. The van der Waals surface area contributed by atoms with E-state index in [0.717, 1.165) is 25.1 Å². The van der Waals surface area contributed by atoms with E-state index in [0.29, 0.717) is 6.04 Å². The van der Waals surface area contributed by atoms with Crippen LogP contribution < -0.4 is 5.32 Å². The maximum absolute atomic E-state index is 4.25. The number of rotatable bonds is 6. The van der Waals surface area contributed by atoms with Gasteiger partial charge in [0.25, 0.3) is 0 Å². The SMILES string of the molecule is C=C(C)CCC(NCC)c1cnsn1. The van der Waals surface area contributed by atoms with Gasteiger partial charge < -0.3 is 5.32 Å². The molecule has 4 heteroatoms. The first-order valence-corrected chi connectivity index (χ1v) is 5.62. The highest BCUT2D eigenvalue weighted by molar-refractivity contribution is 6.99. The molecule has 0 amide bonds. The summed E-state index contributed by atoms with van der Waals surface area (Å²) in [6.07, 6.45) is 3.93. The van der Waals surface area contributed by atoms with E-state index in [-0.39, 0.29) is 0 Å². The molecule has 1 heterocycles. The van der Waals surface area contributed by atoms with Gasteiger partial charge in [0.2, 0.25) is 0 Å². The third kappa shape index (κ3) is 3.55. The zero-order valence-electron chi connectivity index (χ0n) is 8.79. The van der Waals surface area contributed by atoms with Gasteiger partial charge >= 0.3 is 0 Å². The highest BCUT2D eigenvalue weighted by Crippen LogP contribution is 2.18. The van der Waals surface area contributed by atoms with Gasteiger partial charge in [0.15, 0.2) is 0 Å². The van der Waals surface area contributed by atoms with Crippen molar-refractivity contribution in [2.24, 2.45) is 0 Å². The minimum atomic E-state index is 0.329. The lowest BCUT2D eigenvalue weighted by Crippen LogP contribution is -2.21. The number of aromatic nitrogens is 2. The summed E-state index contributed by atoms with van der Waals surface area (Å²) in [5.41, 5.74) is 2.27. The van der Waals surface area contributed by atoms with Crippen molar-refractivity contribution in [2.45, 2.75) is 32.7 Å². The second kappa shape index (κ2) is 5.88. The molecule has 14 heavy (non-hydrogen) atoms. The van der Waals surface area contributed by atoms with Crippen LogP contribution in [0.25, 0.3) is 0 Å². The molecule has 0 saturated heterocycles. The van der Waals surface area contributed by atoms with Gasteiger partial charge in [-0.25, -0.2) is 0 Å². The molecule has 1 aromatic heterocycles. The molecule has 78 valence electrons. The molecule has 0 aromatic carbocycles.